The SMILES string of the molecule is CCN(C)C(=O)CNc1ccc(N)c2cnc(C)cc12. The number of hydrogen-bond donors (Lipinski definition) is 2. The minimum absolute atomic E-state index is 0.0586. The Morgan fingerprint density at radius 1 is 1.40 bits per heavy atom. The maximum atomic E-state index is 11.8. The largest absolute Gasteiger partial charge is 0.398 e. The van der Waals surface area contributed by atoms with Gasteiger partial charge < -0.3 is 16.0 Å². The average Bonchev–Trinajstić information content (AvgIpc) is 2.45. The molecule has 0 aliphatic heterocycles. The molecule has 0 bridgehead atoms. The number of aryl methyl sites for hydroxylation is 1. The van der Waals surface area contributed by atoms with Crippen molar-refractivity contribution in [3.8, 4) is 0 Å². The van der Waals surface area contributed by atoms with Crippen LogP contribution in [0, 0.1) is 6.92 Å². The second-order valence-corrected chi connectivity index (χ2v) is 4.84. The zero-order chi connectivity index (χ0) is 14.7. The molecule has 0 saturated heterocycles. The van der Waals surface area contributed by atoms with Crippen LogP contribution in [0.4, 0.5) is 11.4 Å². The molecule has 0 unspecified atom stereocenters. The summed E-state index contributed by atoms with van der Waals surface area (Å²) in [6, 6.07) is 5.70. The van der Waals surface area contributed by atoms with Crippen LogP contribution in [0.2, 0.25) is 0 Å². The van der Waals surface area contributed by atoms with Crippen LogP contribution in [0.1, 0.15) is 12.6 Å². The molecule has 0 aliphatic rings. The van der Waals surface area contributed by atoms with Gasteiger partial charge in [-0.25, -0.2) is 0 Å². The number of likely N-dealkylation sites (N-methyl/N-ethyl adjacent to an activating group) is 1. The van der Waals surface area contributed by atoms with Crippen LogP contribution in [0.25, 0.3) is 10.8 Å². The second-order valence-electron chi connectivity index (χ2n) is 4.84. The van der Waals surface area contributed by atoms with Crippen LogP contribution in [0.15, 0.2) is 24.4 Å². The lowest BCUT2D eigenvalue weighted by molar-refractivity contribution is -0.127. The fourth-order valence-corrected chi connectivity index (χ4v) is 2.00. The summed E-state index contributed by atoms with van der Waals surface area (Å²) < 4.78 is 0. The lowest BCUT2D eigenvalue weighted by atomic mass is 10.1. The molecule has 1 aromatic carbocycles. The summed E-state index contributed by atoms with van der Waals surface area (Å²) in [5.74, 6) is 0.0586. The van der Waals surface area contributed by atoms with Crippen molar-refractivity contribution in [2.45, 2.75) is 13.8 Å². The first-order valence-electron chi connectivity index (χ1n) is 6.65. The molecular formula is C15H20N4O. The highest BCUT2D eigenvalue weighted by atomic mass is 16.2. The minimum atomic E-state index is 0.0586. The smallest absolute Gasteiger partial charge is 0.241 e. The number of nitrogen functional groups attached to an aromatic ring is 1. The molecule has 0 saturated carbocycles. The van der Waals surface area contributed by atoms with Crippen molar-refractivity contribution in [1.29, 1.82) is 0 Å². The molecule has 0 aliphatic carbocycles. The Morgan fingerprint density at radius 3 is 2.85 bits per heavy atom. The molecule has 20 heavy (non-hydrogen) atoms. The van der Waals surface area contributed by atoms with Crippen LogP contribution >= 0.6 is 0 Å². The maximum absolute atomic E-state index is 11.8. The van der Waals surface area contributed by atoms with E-state index in [1.807, 2.05) is 32.0 Å². The zero-order valence-corrected chi connectivity index (χ0v) is 12.1. The van der Waals surface area contributed by atoms with Gasteiger partial charge in [0.1, 0.15) is 0 Å². The first-order valence-corrected chi connectivity index (χ1v) is 6.65. The summed E-state index contributed by atoms with van der Waals surface area (Å²) in [6.45, 7) is 4.85. The van der Waals surface area contributed by atoms with Crippen LogP contribution in [0.3, 0.4) is 0 Å². The van der Waals surface area contributed by atoms with E-state index < -0.39 is 0 Å². The van der Waals surface area contributed by atoms with Gasteiger partial charge in [0.15, 0.2) is 0 Å². The summed E-state index contributed by atoms with van der Waals surface area (Å²) >= 11 is 0. The van der Waals surface area contributed by atoms with Gasteiger partial charge in [-0.1, -0.05) is 0 Å². The summed E-state index contributed by atoms with van der Waals surface area (Å²) in [5, 5.41) is 5.07. The van der Waals surface area contributed by atoms with E-state index in [0.29, 0.717) is 12.2 Å². The van der Waals surface area contributed by atoms with Gasteiger partial charge in [-0.2, -0.15) is 0 Å². The molecule has 2 aromatic rings. The van der Waals surface area contributed by atoms with Gasteiger partial charge in [-0.15, -0.1) is 0 Å². The number of hydrogen-bond acceptors (Lipinski definition) is 4. The molecule has 1 amide bonds. The van der Waals surface area contributed by atoms with E-state index in [4.69, 9.17) is 5.73 Å². The third-order valence-corrected chi connectivity index (χ3v) is 3.40. The number of fused-ring (bicyclic) bond motifs is 1. The standard InChI is InChI=1S/C15H20N4O/c1-4-19(3)15(20)9-18-14-6-5-13(16)12-8-17-10(2)7-11(12)14/h5-8,18H,4,9,16H2,1-3H3. The number of rotatable bonds is 4. The predicted molar refractivity (Wildman–Crippen MR) is 82.7 cm³/mol. The fourth-order valence-electron chi connectivity index (χ4n) is 2.00. The van der Waals surface area contributed by atoms with Gasteiger partial charge in [0.05, 0.1) is 6.54 Å². The summed E-state index contributed by atoms with van der Waals surface area (Å²) in [5.41, 5.74) is 8.47. The Balaban J connectivity index is 2.28. The van der Waals surface area contributed by atoms with Crippen LogP contribution < -0.4 is 11.1 Å². The Morgan fingerprint density at radius 2 is 2.15 bits per heavy atom. The molecule has 106 valence electrons. The van der Waals surface area contributed by atoms with Crippen LogP contribution in [-0.4, -0.2) is 35.9 Å². The Bertz CT molecular complexity index is 639. The number of aromatic nitrogens is 1. The fraction of sp³-hybridized carbons (Fsp3) is 0.333. The van der Waals surface area contributed by atoms with Gasteiger partial charge in [0, 0.05) is 47.6 Å². The van der Waals surface area contributed by atoms with E-state index in [2.05, 4.69) is 10.3 Å². The molecule has 5 nitrogen and oxygen atoms in total. The lowest BCUT2D eigenvalue weighted by Crippen LogP contribution is -2.31. The summed E-state index contributed by atoms with van der Waals surface area (Å²) in [7, 11) is 1.79. The number of nitrogens with two attached hydrogens (primary N) is 1. The number of carbonyl (C=O) groups excluding carboxylic acids is 1. The molecule has 3 N–H and O–H groups in total. The van der Waals surface area contributed by atoms with Gasteiger partial charge >= 0.3 is 0 Å². The van der Waals surface area contributed by atoms with Crippen molar-refractivity contribution < 1.29 is 4.79 Å². The minimum Gasteiger partial charge on any atom is -0.398 e. The molecule has 0 spiro atoms. The first-order chi connectivity index (χ1) is 9.52. The summed E-state index contributed by atoms with van der Waals surface area (Å²) in [4.78, 5) is 17.8. The number of benzene rings is 1. The first kappa shape index (κ1) is 14.1. The maximum Gasteiger partial charge on any atom is 0.241 e. The van der Waals surface area contributed by atoms with Crippen molar-refractivity contribution in [3.05, 3.63) is 30.1 Å². The number of pyridine rings is 1. The van der Waals surface area contributed by atoms with Crippen molar-refractivity contribution >= 4 is 28.1 Å². The van der Waals surface area contributed by atoms with E-state index in [1.54, 1.807) is 18.1 Å². The highest BCUT2D eigenvalue weighted by Gasteiger charge is 2.09. The molecule has 0 fully saturated rings. The molecule has 0 atom stereocenters. The lowest BCUT2D eigenvalue weighted by Gasteiger charge is -2.16. The van der Waals surface area contributed by atoms with E-state index >= 15 is 0 Å². The Labute approximate surface area is 118 Å². The van der Waals surface area contributed by atoms with Gasteiger partial charge in [0.25, 0.3) is 0 Å². The van der Waals surface area contributed by atoms with Crippen molar-refractivity contribution in [2.24, 2.45) is 0 Å². The van der Waals surface area contributed by atoms with E-state index in [-0.39, 0.29) is 12.5 Å². The van der Waals surface area contributed by atoms with Gasteiger partial charge in [-0.3, -0.25) is 9.78 Å². The molecule has 1 heterocycles. The Hall–Kier alpha value is -2.30. The van der Waals surface area contributed by atoms with E-state index in [0.717, 1.165) is 22.2 Å². The third-order valence-electron chi connectivity index (χ3n) is 3.40. The number of nitrogens with zero attached hydrogens (tertiary/aromatic N) is 2. The summed E-state index contributed by atoms with van der Waals surface area (Å²) in [6.07, 6.45) is 1.77. The normalized spacial score (nSPS) is 10.6. The van der Waals surface area contributed by atoms with Crippen molar-refractivity contribution in [2.75, 3.05) is 31.2 Å². The number of nitrogens with one attached hydrogen (secondary N) is 1. The molecule has 0 radical (unpaired) electrons. The van der Waals surface area contributed by atoms with E-state index in [1.165, 1.54) is 0 Å². The van der Waals surface area contributed by atoms with Gasteiger partial charge in [-0.05, 0) is 32.0 Å². The van der Waals surface area contributed by atoms with Crippen LogP contribution in [-0.2, 0) is 4.79 Å². The molecule has 5 heteroatoms. The number of amides is 1. The monoisotopic (exact) mass is 272 g/mol. The molecule has 2 rings (SSSR count). The third kappa shape index (κ3) is 2.82. The Kier molecular flexibility index (Phi) is 4.08. The number of carbonyl (C=O) groups is 1. The van der Waals surface area contributed by atoms with Gasteiger partial charge in [0.2, 0.25) is 5.91 Å². The highest BCUT2D eigenvalue weighted by molar-refractivity contribution is 6.01. The van der Waals surface area contributed by atoms with Crippen LogP contribution in [0.5, 0.6) is 0 Å². The quantitative estimate of drug-likeness (QED) is 0.835. The van der Waals surface area contributed by atoms with Crippen molar-refractivity contribution in [3.63, 3.8) is 0 Å². The topological polar surface area (TPSA) is 71.2 Å². The average molecular weight is 272 g/mol. The van der Waals surface area contributed by atoms with E-state index in [9.17, 15) is 4.79 Å². The molecular weight excluding hydrogens is 252 g/mol. The zero-order valence-electron chi connectivity index (χ0n) is 12.1. The predicted octanol–water partition coefficient (Wildman–Crippen LogP) is 2.02. The van der Waals surface area contributed by atoms with Crippen molar-refractivity contribution in [1.82, 2.24) is 9.88 Å². The molecule has 1 aromatic heterocycles. The number of anilines is 2. The second kappa shape index (κ2) is 5.77. The highest BCUT2D eigenvalue weighted by Crippen LogP contribution is 2.28.